The number of carbonyl (C=O) groups is 4. The molecule has 0 aromatic carbocycles. The highest BCUT2D eigenvalue weighted by atomic mass is 32.2. The van der Waals surface area contributed by atoms with E-state index in [0.717, 1.165) is 16.9 Å². The van der Waals surface area contributed by atoms with E-state index in [9.17, 15) is 19.2 Å². The highest BCUT2D eigenvalue weighted by molar-refractivity contribution is 8.08. The number of ether oxygens (including phenoxy) is 2. The van der Waals surface area contributed by atoms with E-state index in [1.54, 1.807) is 29.2 Å². The predicted molar refractivity (Wildman–Crippen MR) is 159 cm³/mol. The Bertz CT molecular complexity index is 1460. The Morgan fingerprint density at radius 3 is 2.86 bits per heavy atom. The molecule has 0 aliphatic carbocycles. The first-order valence-electron chi connectivity index (χ1n) is 12.3. The number of esters is 2. The molecule has 2 aromatic rings. The van der Waals surface area contributed by atoms with Crippen LogP contribution in [0.15, 0.2) is 63.7 Å². The summed E-state index contributed by atoms with van der Waals surface area (Å²) in [5.41, 5.74) is 6.58. The summed E-state index contributed by atoms with van der Waals surface area (Å²) >= 11 is 3.71. The van der Waals surface area contributed by atoms with Gasteiger partial charge in [-0.05, 0) is 23.1 Å². The number of amides is 2. The molecule has 4 rings (SSSR count). The molecule has 0 radical (unpaired) electrons. The van der Waals surface area contributed by atoms with Gasteiger partial charge in [0, 0.05) is 42.3 Å². The standard InChI is InChI=1S/C26H26N6O7S3/c1-4-9-37-31-19(17-12-42-26(27)29-17)22(34)30-20-23(35)32-21(25(36)39-15(3)38-14(2)33)18(13-41-24(20)32)40-10-7-16-6-5-8-28-11-16/h4-8,10-12,15,20,24H,1,9,13H2,2-3H3,(H2,27,29)(H,30,34)/b10-7-,31-19+/t15?,20?,24-/m1/s1. The summed E-state index contributed by atoms with van der Waals surface area (Å²) in [6.07, 6.45) is 5.42. The van der Waals surface area contributed by atoms with Crippen molar-refractivity contribution >= 4 is 75.5 Å². The van der Waals surface area contributed by atoms with Gasteiger partial charge in [0.05, 0.1) is 0 Å². The number of pyridine rings is 1. The van der Waals surface area contributed by atoms with Crippen molar-refractivity contribution in [3.8, 4) is 0 Å². The predicted octanol–water partition coefficient (Wildman–Crippen LogP) is 2.49. The van der Waals surface area contributed by atoms with Gasteiger partial charge in [0.1, 0.15) is 29.4 Å². The number of rotatable bonds is 12. The monoisotopic (exact) mass is 630 g/mol. The maximum atomic E-state index is 13.4. The largest absolute Gasteiger partial charge is 0.426 e. The summed E-state index contributed by atoms with van der Waals surface area (Å²) in [4.78, 5) is 66.3. The lowest BCUT2D eigenvalue weighted by Gasteiger charge is -2.49. The fourth-order valence-corrected chi connectivity index (χ4v) is 6.67. The smallest absolute Gasteiger partial charge is 0.359 e. The number of hydrogen-bond acceptors (Lipinski definition) is 14. The normalized spacial score (nSPS) is 19.0. The van der Waals surface area contributed by atoms with Crippen molar-refractivity contribution < 1.29 is 33.5 Å². The van der Waals surface area contributed by atoms with Crippen LogP contribution in [0.5, 0.6) is 0 Å². The SMILES string of the molecule is C=CCO/N=C(/C(=O)NC1C(=O)N2C(C(=O)OC(C)OC(C)=O)=C(S/C=C\c3cccnc3)CS[C@H]12)c1csc(N)n1. The first-order chi connectivity index (χ1) is 20.2. The van der Waals surface area contributed by atoms with E-state index in [1.807, 2.05) is 12.1 Å². The third kappa shape index (κ3) is 7.37. The molecular weight excluding hydrogens is 605 g/mol. The van der Waals surface area contributed by atoms with Gasteiger partial charge in [0.25, 0.3) is 11.8 Å². The minimum Gasteiger partial charge on any atom is -0.426 e. The highest BCUT2D eigenvalue weighted by Crippen LogP contribution is 2.44. The number of β-lactam (4-membered cyclic amide) rings is 1. The fourth-order valence-electron chi connectivity index (χ4n) is 3.77. The molecule has 220 valence electrons. The Morgan fingerprint density at radius 1 is 1.38 bits per heavy atom. The minimum atomic E-state index is -1.18. The van der Waals surface area contributed by atoms with Crippen molar-refractivity contribution in [3.05, 3.63) is 69.8 Å². The lowest BCUT2D eigenvalue weighted by molar-refractivity contribution is -0.182. The molecule has 16 heteroatoms. The number of nitrogens with two attached hydrogens (primary N) is 1. The zero-order valence-corrected chi connectivity index (χ0v) is 24.9. The van der Waals surface area contributed by atoms with E-state index >= 15 is 0 Å². The van der Waals surface area contributed by atoms with Crippen molar-refractivity contribution in [3.63, 3.8) is 0 Å². The van der Waals surface area contributed by atoms with Gasteiger partial charge in [0.2, 0.25) is 6.29 Å². The molecule has 0 spiro atoms. The molecule has 4 heterocycles. The van der Waals surface area contributed by atoms with Crippen LogP contribution in [0.3, 0.4) is 0 Å². The number of hydrogen-bond donors (Lipinski definition) is 2. The Balaban J connectivity index is 1.55. The molecular formula is C26H26N6O7S3. The van der Waals surface area contributed by atoms with E-state index < -0.39 is 41.5 Å². The summed E-state index contributed by atoms with van der Waals surface area (Å²) in [5, 5.41) is 9.45. The number of nitrogens with one attached hydrogen (secondary N) is 1. The van der Waals surface area contributed by atoms with Gasteiger partial charge in [-0.1, -0.05) is 35.6 Å². The van der Waals surface area contributed by atoms with E-state index in [4.69, 9.17) is 20.0 Å². The van der Waals surface area contributed by atoms with Crippen LogP contribution < -0.4 is 11.1 Å². The van der Waals surface area contributed by atoms with Gasteiger partial charge in [-0.2, -0.15) is 0 Å². The van der Waals surface area contributed by atoms with Crippen LogP contribution in [0.1, 0.15) is 25.1 Å². The van der Waals surface area contributed by atoms with Crippen LogP contribution in [0.2, 0.25) is 0 Å². The first kappa shape index (κ1) is 30.8. The molecule has 13 nitrogen and oxygen atoms in total. The molecule has 2 aliphatic heterocycles. The molecule has 1 saturated heterocycles. The van der Waals surface area contributed by atoms with Crippen molar-refractivity contribution in [1.29, 1.82) is 0 Å². The molecule has 2 unspecified atom stereocenters. The van der Waals surface area contributed by atoms with Crippen molar-refractivity contribution in [2.24, 2.45) is 5.16 Å². The number of aromatic nitrogens is 2. The Morgan fingerprint density at radius 2 is 2.19 bits per heavy atom. The summed E-state index contributed by atoms with van der Waals surface area (Å²) in [5.74, 6) is -2.39. The molecule has 2 aliphatic rings. The van der Waals surface area contributed by atoms with Gasteiger partial charge in [0.15, 0.2) is 10.8 Å². The van der Waals surface area contributed by atoms with Gasteiger partial charge in [-0.25, -0.2) is 9.78 Å². The first-order valence-corrected chi connectivity index (χ1v) is 15.1. The molecule has 0 saturated carbocycles. The van der Waals surface area contributed by atoms with E-state index in [2.05, 4.69) is 27.0 Å². The topological polar surface area (TPSA) is 175 Å². The number of nitrogens with zero attached hydrogens (tertiary/aromatic N) is 4. The highest BCUT2D eigenvalue weighted by Gasteiger charge is 2.55. The quantitative estimate of drug-likeness (QED) is 0.0668. The second-order valence-electron chi connectivity index (χ2n) is 8.52. The average molecular weight is 631 g/mol. The van der Waals surface area contributed by atoms with Crippen LogP contribution in [0, 0.1) is 0 Å². The number of anilines is 1. The lowest BCUT2D eigenvalue weighted by Crippen LogP contribution is -2.71. The molecule has 0 bridgehead atoms. The number of oxime groups is 1. The van der Waals surface area contributed by atoms with Crippen LogP contribution >= 0.6 is 34.9 Å². The van der Waals surface area contributed by atoms with Crippen molar-refractivity contribution in [2.45, 2.75) is 31.6 Å². The number of nitrogen functional groups attached to an aromatic ring is 1. The van der Waals surface area contributed by atoms with Crippen LogP contribution in [0.25, 0.3) is 6.08 Å². The van der Waals surface area contributed by atoms with Gasteiger partial charge < -0.3 is 25.4 Å². The summed E-state index contributed by atoms with van der Waals surface area (Å²) in [6.45, 7) is 6.17. The lowest BCUT2D eigenvalue weighted by atomic mass is 10.0. The third-order valence-electron chi connectivity index (χ3n) is 5.50. The van der Waals surface area contributed by atoms with E-state index in [-0.39, 0.29) is 28.8 Å². The molecule has 3 N–H and O–H groups in total. The van der Waals surface area contributed by atoms with Crippen LogP contribution in [-0.2, 0) is 33.5 Å². The van der Waals surface area contributed by atoms with Gasteiger partial charge in [-0.15, -0.1) is 23.1 Å². The van der Waals surface area contributed by atoms with Crippen molar-refractivity contribution in [1.82, 2.24) is 20.2 Å². The second kappa shape index (κ2) is 14.2. The van der Waals surface area contributed by atoms with Gasteiger partial charge in [-0.3, -0.25) is 24.3 Å². The number of carbonyl (C=O) groups excluding carboxylic acids is 4. The summed E-state index contributed by atoms with van der Waals surface area (Å²) < 4.78 is 10.3. The zero-order chi connectivity index (χ0) is 30.2. The Labute approximate surface area is 253 Å². The number of thioether (sulfide) groups is 2. The fraction of sp³-hybridized carbons (Fsp3) is 0.269. The second-order valence-corrected chi connectivity index (χ2v) is 11.5. The van der Waals surface area contributed by atoms with E-state index in [1.165, 1.54) is 48.3 Å². The Hall–Kier alpha value is -4.15. The van der Waals surface area contributed by atoms with Crippen LogP contribution in [-0.4, -0.2) is 74.4 Å². The number of thiazole rings is 1. The maximum Gasteiger partial charge on any atom is 0.359 e. The maximum absolute atomic E-state index is 13.4. The molecule has 3 atom stereocenters. The Kier molecular flexibility index (Phi) is 10.4. The minimum absolute atomic E-state index is 0.00423. The summed E-state index contributed by atoms with van der Waals surface area (Å²) in [6, 6.07) is 2.68. The molecule has 1 fully saturated rings. The molecule has 2 aromatic heterocycles. The van der Waals surface area contributed by atoms with E-state index in [0.29, 0.717) is 10.7 Å². The summed E-state index contributed by atoms with van der Waals surface area (Å²) in [7, 11) is 0. The van der Waals surface area contributed by atoms with Gasteiger partial charge >= 0.3 is 11.9 Å². The van der Waals surface area contributed by atoms with Crippen LogP contribution in [0.4, 0.5) is 5.13 Å². The third-order valence-corrected chi connectivity index (χ3v) is 8.53. The molecule has 42 heavy (non-hydrogen) atoms. The average Bonchev–Trinajstić information content (AvgIpc) is 3.39. The molecule has 2 amide bonds. The zero-order valence-electron chi connectivity index (χ0n) is 22.4. The number of fused-ring (bicyclic) bond motifs is 1. The van der Waals surface area contributed by atoms with Crippen molar-refractivity contribution in [2.75, 3.05) is 18.1 Å².